The largest absolute Gasteiger partial charge is 0.463 e. The third-order valence-electron chi connectivity index (χ3n) is 4.94. The predicted molar refractivity (Wildman–Crippen MR) is 113 cm³/mol. The molecule has 164 valence electrons. The van der Waals surface area contributed by atoms with E-state index in [0.29, 0.717) is 17.0 Å². The summed E-state index contributed by atoms with van der Waals surface area (Å²) in [5.41, 5.74) is 1.91. The molecule has 2 amide bonds. The zero-order chi connectivity index (χ0) is 22.7. The minimum atomic E-state index is -0.742. The molecule has 1 atom stereocenters. The molecule has 32 heavy (non-hydrogen) atoms. The van der Waals surface area contributed by atoms with Crippen molar-refractivity contribution in [3.8, 4) is 0 Å². The van der Waals surface area contributed by atoms with Crippen LogP contribution in [0, 0.1) is 6.92 Å². The Morgan fingerprint density at radius 3 is 2.59 bits per heavy atom. The summed E-state index contributed by atoms with van der Waals surface area (Å²) in [6, 6.07) is 11.0. The third kappa shape index (κ3) is 4.15. The maximum absolute atomic E-state index is 12.7. The fourth-order valence-electron chi connectivity index (χ4n) is 3.42. The molecule has 1 unspecified atom stereocenters. The van der Waals surface area contributed by atoms with Gasteiger partial charge in [0.05, 0.1) is 29.5 Å². The number of rotatable bonds is 6. The molecule has 0 spiro atoms. The number of aromatic nitrogens is 3. The molecule has 2 N–H and O–H groups in total. The summed E-state index contributed by atoms with van der Waals surface area (Å²) in [6.45, 7) is 3.29. The van der Waals surface area contributed by atoms with Crippen LogP contribution >= 0.6 is 0 Å². The van der Waals surface area contributed by atoms with E-state index in [4.69, 9.17) is 9.47 Å². The molecule has 10 heteroatoms. The second-order valence-electron chi connectivity index (χ2n) is 7.02. The molecule has 0 saturated carbocycles. The molecular formula is C22H21N5O5. The van der Waals surface area contributed by atoms with Gasteiger partial charge in [-0.05, 0) is 31.5 Å². The zero-order valence-corrected chi connectivity index (χ0v) is 17.5. The highest BCUT2D eigenvalue weighted by Crippen LogP contribution is 2.28. The lowest BCUT2D eigenvalue weighted by molar-refractivity contribution is -0.139. The molecule has 0 radical (unpaired) electrons. The van der Waals surface area contributed by atoms with Crippen LogP contribution in [0.2, 0.25) is 0 Å². The molecule has 1 aromatic carbocycles. The highest BCUT2D eigenvalue weighted by Gasteiger charge is 2.34. The highest BCUT2D eigenvalue weighted by atomic mass is 16.5. The van der Waals surface area contributed by atoms with Crippen molar-refractivity contribution < 1.29 is 23.9 Å². The number of amides is 2. The first-order valence-corrected chi connectivity index (χ1v) is 9.99. The Kier molecular flexibility index (Phi) is 5.84. The van der Waals surface area contributed by atoms with E-state index < -0.39 is 24.0 Å². The average molecular weight is 435 g/mol. The number of nitrogens with one attached hydrogen (secondary N) is 2. The molecule has 0 saturated heterocycles. The number of benzene rings is 1. The quantitative estimate of drug-likeness (QED) is 0.568. The Balaban J connectivity index is 1.62. The molecule has 1 aliphatic heterocycles. The van der Waals surface area contributed by atoms with Crippen molar-refractivity contribution in [2.24, 2.45) is 0 Å². The summed E-state index contributed by atoms with van der Waals surface area (Å²) >= 11 is 0. The van der Waals surface area contributed by atoms with Gasteiger partial charge in [0.25, 0.3) is 0 Å². The van der Waals surface area contributed by atoms with Gasteiger partial charge in [-0.1, -0.05) is 30.3 Å². The molecule has 2 aromatic heterocycles. The van der Waals surface area contributed by atoms with Gasteiger partial charge < -0.3 is 20.1 Å². The summed E-state index contributed by atoms with van der Waals surface area (Å²) in [5, 5.41) is 13.2. The van der Waals surface area contributed by atoms with Gasteiger partial charge in [0.1, 0.15) is 12.4 Å². The van der Waals surface area contributed by atoms with Crippen LogP contribution in [0.15, 0.2) is 59.9 Å². The second-order valence-corrected chi connectivity index (χ2v) is 7.02. The average Bonchev–Trinajstić information content (AvgIpc) is 3.17. The highest BCUT2D eigenvalue weighted by molar-refractivity contribution is 5.95. The van der Waals surface area contributed by atoms with Crippen molar-refractivity contribution in [2.75, 3.05) is 13.2 Å². The van der Waals surface area contributed by atoms with Crippen LogP contribution in [0.1, 0.15) is 34.7 Å². The molecule has 0 fully saturated rings. The van der Waals surface area contributed by atoms with E-state index in [9.17, 15) is 14.4 Å². The lowest BCUT2D eigenvalue weighted by Crippen LogP contribution is -2.47. The van der Waals surface area contributed by atoms with Crippen molar-refractivity contribution in [1.29, 1.82) is 0 Å². The molecule has 0 aliphatic carbocycles. The van der Waals surface area contributed by atoms with Crippen molar-refractivity contribution in [3.05, 3.63) is 76.9 Å². The number of carbonyl (C=O) groups excluding carboxylic acids is 3. The number of nitrogens with zero attached hydrogens (tertiary/aromatic N) is 3. The van der Waals surface area contributed by atoms with E-state index in [2.05, 4.69) is 20.8 Å². The van der Waals surface area contributed by atoms with Crippen molar-refractivity contribution >= 4 is 23.6 Å². The van der Waals surface area contributed by atoms with Crippen molar-refractivity contribution in [3.63, 3.8) is 0 Å². The SMILES string of the molecule is CCOC(=O)C1=C(COC(=O)c2ccc3nnc(C)n3c2)NC(=O)NC1c1ccccc1. The summed E-state index contributed by atoms with van der Waals surface area (Å²) in [5.74, 6) is -0.612. The standard InChI is InChI=1S/C22H21N5O5/c1-3-31-21(29)18-16(23-22(30)24-19(18)14-7-5-4-6-8-14)12-32-20(28)15-9-10-17-26-25-13(2)27(17)11-15/h4-11,19H,3,12H2,1-2H3,(H2,23,24,30). The Morgan fingerprint density at radius 1 is 1.06 bits per heavy atom. The van der Waals surface area contributed by atoms with Crippen molar-refractivity contribution in [2.45, 2.75) is 19.9 Å². The number of aryl methyl sites for hydroxylation is 1. The fourth-order valence-corrected chi connectivity index (χ4v) is 3.42. The lowest BCUT2D eigenvalue weighted by Gasteiger charge is -2.29. The zero-order valence-electron chi connectivity index (χ0n) is 17.5. The molecule has 0 bridgehead atoms. The predicted octanol–water partition coefficient (Wildman–Crippen LogP) is 2.07. The molecule has 3 aromatic rings. The monoisotopic (exact) mass is 435 g/mol. The van der Waals surface area contributed by atoms with Crippen molar-refractivity contribution in [1.82, 2.24) is 25.2 Å². The van der Waals surface area contributed by atoms with E-state index in [-0.39, 0.29) is 30.0 Å². The van der Waals surface area contributed by atoms with Gasteiger partial charge >= 0.3 is 18.0 Å². The van der Waals surface area contributed by atoms with Gasteiger partial charge in [0, 0.05) is 6.20 Å². The van der Waals surface area contributed by atoms with Crippen LogP contribution in [0.4, 0.5) is 4.79 Å². The molecule has 4 rings (SSSR count). The van der Waals surface area contributed by atoms with Crippen LogP contribution in [0.3, 0.4) is 0 Å². The number of hydrogen-bond acceptors (Lipinski definition) is 7. The van der Waals surface area contributed by atoms with Gasteiger partial charge in [-0.3, -0.25) is 4.40 Å². The van der Waals surface area contributed by atoms with Gasteiger partial charge in [0.15, 0.2) is 5.65 Å². The Morgan fingerprint density at radius 2 is 1.84 bits per heavy atom. The van der Waals surface area contributed by atoms with E-state index in [1.807, 2.05) is 6.07 Å². The van der Waals surface area contributed by atoms with Crippen LogP contribution in [-0.4, -0.2) is 45.8 Å². The number of pyridine rings is 1. The number of ether oxygens (including phenoxy) is 2. The molecule has 1 aliphatic rings. The summed E-state index contributed by atoms with van der Waals surface area (Å²) in [7, 11) is 0. The summed E-state index contributed by atoms with van der Waals surface area (Å²) < 4.78 is 12.3. The Labute approximate surface area is 183 Å². The number of urea groups is 1. The molecular weight excluding hydrogens is 414 g/mol. The van der Waals surface area contributed by atoms with E-state index >= 15 is 0 Å². The minimum Gasteiger partial charge on any atom is -0.463 e. The van der Waals surface area contributed by atoms with Gasteiger partial charge in [-0.2, -0.15) is 0 Å². The van der Waals surface area contributed by atoms with E-state index in [1.165, 1.54) is 0 Å². The topological polar surface area (TPSA) is 124 Å². The minimum absolute atomic E-state index is 0.156. The first kappa shape index (κ1) is 21.0. The molecule has 10 nitrogen and oxygen atoms in total. The lowest BCUT2D eigenvalue weighted by atomic mass is 9.95. The van der Waals surface area contributed by atoms with Gasteiger partial charge in [-0.25, -0.2) is 14.4 Å². The first-order valence-electron chi connectivity index (χ1n) is 9.99. The van der Waals surface area contributed by atoms with E-state index in [0.717, 1.165) is 0 Å². The first-order chi connectivity index (χ1) is 15.5. The Bertz CT molecular complexity index is 1220. The second kappa shape index (κ2) is 8.88. The number of carbonyl (C=O) groups is 3. The number of hydrogen-bond donors (Lipinski definition) is 2. The third-order valence-corrected chi connectivity index (χ3v) is 4.94. The Hall–Kier alpha value is -4.21. The maximum atomic E-state index is 12.7. The van der Waals surface area contributed by atoms with Crippen LogP contribution in [0.5, 0.6) is 0 Å². The summed E-state index contributed by atoms with van der Waals surface area (Å²) in [6.07, 6.45) is 1.57. The van der Waals surface area contributed by atoms with Gasteiger partial charge in [0.2, 0.25) is 0 Å². The van der Waals surface area contributed by atoms with Crippen LogP contribution in [0.25, 0.3) is 5.65 Å². The number of fused-ring (bicyclic) bond motifs is 1. The maximum Gasteiger partial charge on any atom is 0.340 e. The van der Waals surface area contributed by atoms with Gasteiger partial charge in [-0.15, -0.1) is 10.2 Å². The fraction of sp³-hybridized carbons (Fsp3) is 0.227. The molecule has 3 heterocycles. The summed E-state index contributed by atoms with van der Waals surface area (Å²) in [4.78, 5) is 37.7. The smallest absolute Gasteiger partial charge is 0.340 e. The normalized spacial score (nSPS) is 15.8. The van der Waals surface area contributed by atoms with Crippen LogP contribution < -0.4 is 10.6 Å². The van der Waals surface area contributed by atoms with Crippen LogP contribution in [-0.2, 0) is 14.3 Å². The number of esters is 2. The van der Waals surface area contributed by atoms with E-state index in [1.54, 1.807) is 60.8 Å².